The molecule has 0 saturated heterocycles. The second kappa shape index (κ2) is 10.1. The highest BCUT2D eigenvalue weighted by molar-refractivity contribution is 7.18. The second-order valence-corrected chi connectivity index (χ2v) is 7.54. The van der Waals surface area contributed by atoms with Crippen LogP contribution in [-0.2, 0) is 11.3 Å². The fourth-order valence-electron chi connectivity index (χ4n) is 2.81. The third kappa shape index (κ3) is 5.14. The maximum Gasteiger partial charge on any atom is 0.341 e. The SMILES string of the molecule is CCOC(=O)c1c(NC(=O)c2ccc(COc3ccc(F)cc3)o2)sc(C(=O)NC)c1C. The zero-order valence-electron chi connectivity index (χ0n) is 17.6. The normalized spacial score (nSPS) is 10.5. The maximum absolute atomic E-state index is 13.0. The highest BCUT2D eigenvalue weighted by Gasteiger charge is 2.27. The van der Waals surface area contributed by atoms with Crippen LogP contribution >= 0.6 is 11.3 Å². The summed E-state index contributed by atoms with van der Waals surface area (Å²) in [6.45, 7) is 3.45. The quantitative estimate of drug-likeness (QED) is 0.489. The average molecular weight is 460 g/mol. The van der Waals surface area contributed by atoms with E-state index in [1.165, 1.54) is 37.4 Å². The van der Waals surface area contributed by atoms with E-state index in [4.69, 9.17) is 13.9 Å². The predicted molar refractivity (Wildman–Crippen MR) is 116 cm³/mol. The van der Waals surface area contributed by atoms with E-state index in [2.05, 4.69) is 10.6 Å². The van der Waals surface area contributed by atoms with Crippen molar-refractivity contribution in [3.05, 3.63) is 69.7 Å². The van der Waals surface area contributed by atoms with Crippen molar-refractivity contribution in [1.82, 2.24) is 5.32 Å². The first-order valence-electron chi connectivity index (χ1n) is 9.65. The van der Waals surface area contributed by atoms with Crippen LogP contribution in [0.2, 0.25) is 0 Å². The number of halogens is 1. The second-order valence-electron chi connectivity index (χ2n) is 6.52. The standard InChI is InChI=1S/C22H21FN2O6S/c1-4-29-22(28)17-12(2)18(20(27)24-3)32-21(17)25-19(26)16-10-9-15(31-16)11-30-14-7-5-13(23)6-8-14/h5-10H,4,11H2,1-3H3,(H,24,27)(H,25,26). The molecule has 0 fully saturated rings. The Morgan fingerprint density at radius 3 is 2.47 bits per heavy atom. The van der Waals surface area contributed by atoms with E-state index in [-0.39, 0.29) is 41.3 Å². The molecule has 32 heavy (non-hydrogen) atoms. The number of benzene rings is 1. The lowest BCUT2D eigenvalue weighted by Crippen LogP contribution is -2.18. The topological polar surface area (TPSA) is 107 Å². The zero-order valence-corrected chi connectivity index (χ0v) is 18.4. The number of hydrogen-bond donors (Lipinski definition) is 2. The van der Waals surface area contributed by atoms with E-state index in [0.29, 0.717) is 22.0 Å². The van der Waals surface area contributed by atoms with Gasteiger partial charge in [-0.15, -0.1) is 11.3 Å². The molecule has 0 radical (unpaired) electrons. The van der Waals surface area contributed by atoms with Gasteiger partial charge in [0.25, 0.3) is 11.8 Å². The third-order valence-corrected chi connectivity index (χ3v) is 5.57. The lowest BCUT2D eigenvalue weighted by molar-refractivity contribution is 0.0527. The summed E-state index contributed by atoms with van der Waals surface area (Å²) in [5.74, 6) is -1.18. The van der Waals surface area contributed by atoms with Crippen LogP contribution in [0.5, 0.6) is 5.75 Å². The van der Waals surface area contributed by atoms with Gasteiger partial charge in [0.1, 0.15) is 28.9 Å². The first-order chi connectivity index (χ1) is 15.3. The molecule has 0 atom stereocenters. The van der Waals surface area contributed by atoms with Crippen LogP contribution in [0.15, 0.2) is 40.8 Å². The van der Waals surface area contributed by atoms with Crippen molar-refractivity contribution >= 4 is 34.1 Å². The van der Waals surface area contributed by atoms with Gasteiger partial charge in [0, 0.05) is 7.05 Å². The molecule has 10 heteroatoms. The van der Waals surface area contributed by atoms with Gasteiger partial charge in [-0.25, -0.2) is 9.18 Å². The third-order valence-electron chi connectivity index (χ3n) is 4.37. The summed E-state index contributed by atoms with van der Waals surface area (Å²) in [7, 11) is 1.47. The Morgan fingerprint density at radius 2 is 1.81 bits per heavy atom. The molecule has 0 saturated carbocycles. The molecule has 3 aromatic rings. The first kappa shape index (κ1) is 23.0. The molecule has 0 aliphatic rings. The smallest absolute Gasteiger partial charge is 0.341 e. The van der Waals surface area contributed by atoms with E-state index < -0.39 is 11.9 Å². The summed E-state index contributed by atoms with van der Waals surface area (Å²) < 4.78 is 29.0. The molecule has 0 aliphatic carbocycles. The molecule has 2 N–H and O–H groups in total. The molecular formula is C22H21FN2O6S. The van der Waals surface area contributed by atoms with Crippen molar-refractivity contribution in [2.75, 3.05) is 19.0 Å². The first-order valence-corrected chi connectivity index (χ1v) is 10.5. The van der Waals surface area contributed by atoms with Crippen molar-refractivity contribution < 1.29 is 32.7 Å². The predicted octanol–water partition coefficient (Wildman–Crippen LogP) is 4.16. The summed E-state index contributed by atoms with van der Waals surface area (Å²) in [6, 6.07) is 8.53. The fourth-order valence-corrected chi connectivity index (χ4v) is 3.94. The van der Waals surface area contributed by atoms with Crippen LogP contribution < -0.4 is 15.4 Å². The Bertz CT molecular complexity index is 1140. The van der Waals surface area contributed by atoms with E-state index in [9.17, 15) is 18.8 Å². The van der Waals surface area contributed by atoms with Crippen molar-refractivity contribution in [1.29, 1.82) is 0 Å². The molecule has 168 valence electrons. The minimum Gasteiger partial charge on any atom is -0.486 e. The Hall–Kier alpha value is -3.66. The van der Waals surface area contributed by atoms with Crippen LogP contribution in [0.3, 0.4) is 0 Å². The van der Waals surface area contributed by atoms with Gasteiger partial charge in [-0.1, -0.05) is 0 Å². The number of esters is 1. The number of ether oxygens (including phenoxy) is 2. The van der Waals surface area contributed by atoms with Crippen molar-refractivity contribution in [2.45, 2.75) is 20.5 Å². The van der Waals surface area contributed by atoms with Crippen LogP contribution in [-0.4, -0.2) is 31.4 Å². The monoisotopic (exact) mass is 460 g/mol. The Morgan fingerprint density at radius 1 is 1.09 bits per heavy atom. The van der Waals surface area contributed by atoms with Crippen LogP contribution in [0.4, 0.5) is 9.39 Å². The number of thiophene rings is 1. The van der Waals surface area contributed by atoms with Crippen LogP contribution in [0.1, 0.15) is 48.8 Å². The minimum atomic E-state index is -0.639. The number of carbonyl (C=O) groups is 3. The highest BCUT2D eigenvalue weighted by atomic mass is 32.1. The summed E-state index contributed by atoms with van der Waals surface area (Å²) in [6.07, 6.45) is 0. The van der Waals surface area contributed by atoms with Gasteiger partial charge >= 0.3 is 5.97 Å². The molecule has 0 spiro atoms. The molecule has 0 aliphatic heterocycles. The molecule has 0 unspecified atom stereocenters. The Labute approximate surface area is 187 Å². The molecule has 8 nitrogen and oxygen atoms in total. The average Bonchev–Trinajstić information content (AvgIpc) is 3.37. The van der Waals surface area contributed by atoms with Crippen molar-refractivity contribution in [3.8, 4) is 5.75 Å². The highest BCUT2D eigenvalue weighted by Crippen LogP contribution is 2.34. The molecule has 2 heterocycles. The number of carbonyl (C=O) groups excluding carboxylic acids is 3. The van der Waals surface area contributed by atoms with Gasteiger partial charge in [-0.05, 0) is 55.8 Å². The molecule has 1 aromatic carbocycles. The molecule has 3 rings (SSSR count). The lowest BCUT2D eigenvalue weighted by Gasteiger charge is -2.06. The van der Waals surface area contributed by atoms with Gasteiger partial charge in [-0.2, -0.15) is 0 Å². The maximum atomic E-state index is 13.0. The summed E-state index contributed by atoms with van der Waals surface area (Å²) in [5.41, 5.74) is 0.533. The van der Waals surface area contributed by atoms with Gasteiger partial charge in [0.2, 0.25) is 0 Å². The number of nitrogens with one attached hydrogen (secondary N) is 2. The fraction of sp³-hybridized carbons (Fsp3) is 0.227. The molecule has 2 amide bonds. The molecule has 2 aromatic heterocycles. The van der Waals surface area contributed by atoms with Crippen LogP contribution in [0, 0.1) is 12.7 Å². The Kier molecular flexibility index (Phi) is 7.26. The molecule has 0 bridgehead atoms. The summed E-state index contributed by atoms with van der Waals surface area (Å²) in [4.78, 5) is 37.5. The summed E-state index contributed by atoms with van der Waals surface area (Å²) >= 11 is 0.970. The lowest BCUT2D eigenvalue weighted by atomic mass is 10.1. The van der Waals surface area contributed by atoms with Gasteiger partial charge in [0.05, 0.1) is 17.0 Å². The Balaban J connectivity index is 1.76. The number of amides is 2. The number of hydrogen-bond acceptors (Lipinski definition) is 7. The van der Waals surface area contributed by atoms with Gasteiger partial charge in [-0.3, -0.25) is 9.59 Å². The largest absolute Gasteiger partial charge is 0.486 e. The number of rotatable bonds is 8. The summed E-state index contributed by atoms with van der Waals surface area (Å²) in [5, 5.41) is 5.31. The van der Waals surface area contributed by atoms with Crippen LogP contribution in [0.25, 0.3) is 0 Å². The van der Waals surface area contributed by atoms with E-state index in [1.807, 2.05) is 0 Å². The number of furan rings is 1. The van der Waals surface area contributed by atoms with Gasteiger partial charge in [0.15, 0.2) is 5.76 Å². The van der Waals surface area contributed by atoms with E-state index in [1.54, 1.807) is 19.9 Å². The van der Waals surface area contributed by atoms with Crippen molar-refractivity contribution in [3.63, 3.8) is 0 Å². The van der Waals surface area contributed by atoms with Crippen molar-refractivity contribution in [2.24, 2.45) is 0 Å². The molecular weight excluding hydrogens is 439 g/mol. The minimum absolute atomic E-state index is 0.00920. The number of anilines is 1. The van der Waals surface area contributed by atoms with E-state index >= 15 is 0 Å². The zero-order chi connectivity index (χ0) is 23.3. The van der Waals surface area contributed by atoms with E-state index in [0.717, 1.165) is 11.3 Å². The van der Waals surface area contributed by atoms with Gasteiger partial charge < -0.3 is 24.5 Å².